The van der Waals surface area contributed by atoms with Crippen LogP contribution in [-0.2, 0) is 16.2 Å². The van der Waals surface area contributed by atoms with Crippen molar-refractivity contribution in [3.8, 4) is 17.6 Å². The minimum absolute atomic E-state index is 0.100. The molecule has 8 nitrogen and oxygen atoms in total. The van der Waals surface area contributed by atoms with E-state index in [-0.39, 0.29) is 24.0 Å². The Morgan fingerprint density at radius 3 is 2.65 bits per heavy atom. The van der Waals surface area contributed by atoms with Crippen molar-refractivity contribution in [2.75, 3.05) is 0 Å². The number of nitrogens with one attached hydrogen (secondary N) is 2. The number of nitrogens with zero attached hydrogens (tertiary/aromatic N) is 3. The second-order valence-corrected chi connectivity index (χ2v) is 6.54. The van der Waals surface area contributed by atoms with E-state index in [1.54, 1.807) is 36.4 Å². The molecule has 3 aromatic rings. The summed E-state index contributed by atoms with van der Waals surface area (Å²) < 4.78 is 5.95. The van der Waals surface area contributed by atoms with Crippen LogP contribution < -0.4 is 15.5 Å². The van der Waals surface area contributed by atoms with Crippen LogP contribution in [0.5, 0.6) is 11.5 Å². The van der Waals surface area contributed by atoms with Gasteiger partial charge in [0.1, 0.15) is 23.3 Å². The number of carbonyl (C=O) groups excluding carboxylic acids is 1. The number of halogens is 1. The fraction of sp³-hybridized carbons (Fsp3) is 0.0909. The third-order valence-electron chi connectivity index (χ3n) is 3.85. The SMILES string of the molecule is CC(=O)ONC(=Nc1cccc(C#N)n1)NCc1c(Cl)cccc1Oc1ccccc1. The Morgan fingerprint density at radius 1 is 1.13 bits per heavy atom. The van der Waals surface area contributed by atoms with Crippen molar-refractivity contribution in [1.82, 2.24) is 15.8 Å². The normalized spacial score (nSPS) is 10.7. The molecule has 31 heavy (non-hydrogen) atoms. The van der Waals surface area contributed by atoms with Crippen molar-refractivity contribution in [3.05, 3.63) is 83.0 Å². The average molecular weight is 436 g/mol. The highest BCUT2D eigenvalue weighted by Gasteiger charge is 2.11. The molecule has 2 N–H and O–H groups in total. The highest BCUT2D eigenvalue weighted by Crippen LogP contribution is 2.30. The van der Waals surface area contributed by atoms with Gasteiger partial charge in [0.05, 0.1) is 0 Å². The minimum atomic E-state index is -0.556. The zero-order chi connectivity index (χ0) is 22.1. The van der Waals surface area contributed by atoms with Gasteiger partial charge in [-0.3, -0.25) is 4.79 Å². The topological polar surface area (TPSA) is 109 Å². The van der Waals surface area contributed by atoms with Crippen LogP contribution in [0.2, 0.25) is 5.02 Å². The maximum Gasteiger partial charge on any atom is 0.329 e. The number of pyridine rings is 1. The van der Waals surface area contributed by atoms with Crippen LogP contribution in [0.1, 0.15) is 18.2 Å². The van der Waals surface area contributed by atoms with Crippen LogP contribution in [0.25, 0.3) is 0 Å². The number of carbonyl (C=O) groups is 1. The lowest BCUT2D eigenvalue weighted by molar-refractivity contribution is -0.145. The molecule has 0 unspecified atom stereocenters. The lowest BCUT2D eigenvalue weighted by Crippen LogP contribution is -2.37. The summed E-state index contributed by atoms with van der Waals surface area (Å²) in [6.45, 7) is 1.45. The third kappa shape index (κ3) is 6.45. The number of ether oxygens (including phenoxy) is 1. The van der Waals surface area contributed by atoms with Crippen molar-refractivity contribution in [1.29, 1.82) is 5.26 Å². The standard InChI is InChI=1S/C22H18ClN5O3/c1-15(29)31-28-22(27-21-12-5-7-16(13-24)26-21)25-14-18-19(23)10-6-11-20(18)30-17-8-3-2-4-9-17/h2-12H,14H2,1H3,(H2,25,26,27,28). The fourth-order valence-corrected chi connectivity index (χ4v) is 2.71. The molecule has 2 aromatic carbocycles. The lowest BCUT2D eigenvalue weighted by atomic mass is 10.2. The number of hydroxylamine groups is 1. The summed E-state index contributed by atoms with van der Waals surface area (Å²) in [4.78, 5) is 24.4. The van der Waals surface area contributed by atoms with Crippen LogP contribution in [0, 0.1) is 11.3 Å². The molecule has 0 amide bonds. The van der Waals surface area contributed by atoms with Gasteiger partial charge in [0.25, 0.3) is 0 Å². The van der Waals surface area contributed by atoms with Gasteiger partial charge in [-0.2, -0.15) is 15.7 Å². The summed E-state index contributed by atoms with van der Waals surface area (Å²) in [6, 6.07) is 21.4. The lowest BCUT2D eigenvalue weighted by Gasteiger charge is -2.15. The van der Waals surface area contributed by atoms with E-state index in [9.17, 15) is 4.79 Å². The van der Waals surface area contributed by atoms with Crippen molar-refractivity contribution in [2.24, 2.45) is 4.99 Å². The van der Waals surface area contributed by atoms with E-state index in [1.165, 1.54) is 6.92 Å². The van der Waals surface area contributed by atoms with E-state index >= 15 is 0 Å². The minimum Gasteiger partial charge on any atom is -0.457 e. The van der Waals surface area contributed by atoms with Gasteiger partial charge in [0.15, 0.2) is 5.82 Å². The first-order valence-corrected chi connectivity index (χ1v) is 9.56. The maximum atomic E-state index is 11.2. The number of guanidine groups is 1. The molecule has 0 aliphatic heterocycles. The summed E-state index contributed by atoms with van der Waals surface area (Å²) in [6.07, 6.45) is 0. The van der Waals surface area contributed by atoms with Gasteiger partial charge in [0, 0.05) is 24.1 Å². The fourth-order valence-electron chi connectivity index (χ4n) is 2.47. The van der Waals surface area contributed by atoms with E-state index in [0.29, 0.717) is 22.1 Å². The Kier molecular flexibility index (Phi) is 7.40. The van der Waals surface area contributed by atoms with Gasteiger partial charge < -0.3 is 14.9 Å². The quantitative estimate of drug-likeness (QED) is 0.350. The molecule has 0 saturated carbocycles. The molecule has 3 rings (SSSR count). The van der Waals surface area contributed by atoms with Crippen LogP contribution >= 0.6 is 11.6 Å². The van der Waals surface area contributed by atoms with Crippen molar-refractivity contribution >= 4 is 29.3 Å². The summed E-state index contributed by atoms with van der Waals surface area (Å²) in [5.41, 5.74) is 3.32. The zero-order valence-corrected chi connectivity index (χ0v) is 17.3. The van der Waals surface area contributed by atoms with E-state index in [1.807, 2.05) is 36.4 Å². The van der Waals surface area contributed by atoms with E-state index in [4.69, 9.17) is 26.4 Å². The zero-order valence-electron chi connectivity index (χ0n) is 16.5. The molecule has 0 spiro atoms. The van der Waals surface area contributed by atoms with E-state index in [2.05, 4.69) is 20.8 Å². The molecular formula is C22H18ClN5O3. The largest absolute Gasteiger partial charge is 0.457 e. The highest BCUT2D eigenvalue weighted by molar-refractivity contribution is 6.31. The first-order chi connectivity index (χ1) is 15.0. The number of hydrogen-bond donors (Lipinski definition) is 2. The number of aromatic nitrogens is 1. The highest BCUT2D eigenvalue weighted by atomic mass is 35.5. The van der Waals surface area contributed by atoms with E-state index in [0.717, 1.165) is 0 Å². The molecule has 0 saturated heterocycles. The van der Waals surface area contributed by atoms with Gasteiger partial charge in [-0.05, 0) is 36.4 Å². The second-order valence-electron chi connectivity index (χ2n) is 6.13. The van der Waals surface area contributed by atoms with E-state index < -0.39 is 5.97 Å². The molecule has 0 aliphatic carbocycles. The number of hydrogen-bond acceptors (Lipinski definition) is 6. The van der Waals surface area contributed by atoms with Crippen LogP contribution in [0.3, 0.4) is 0 Å². The smallest absolute Gasteiger partial charge is 0.329 e. The third-order valence-corrected chi connectivity index (χ3v) is 4.20. The van der Waals surface area contributed by atoms with Gasteiger partial charge in [-0.15, -0.1) is 0 Å². The Bertz CT molecular complexity index is 1130. The van der Waals surface area contributed by atoms with Crippen LogP contribution in [0.4, 0.5) is 5.82 Å². The molecule has 9 heteroatoms. The predicted molar refractivity (Wildman–Crippen MR) is 116 cm³/mol. The monoisotopic (exact) mass is 435 g/mol. The first kappa shape index (κ1) is 21.6. The molecule has 156 valence electrons. The Balaban J connectivity index is 1.83. The molecule has 0 atom stereocenters. The second kappa shape index (κ2) is 10.6. The molecular weight excluding hydrogens is 418 g/mol. The van der Waals surface area contributed by atoms with Crippen LogP contribution in [-0.4, -0.2) is 16.9 Å². The number of benzene rings is 2. The van der Waals surface area contributed by atoms with Crippen molar-refractivity contribution < 1.29 is 14.4 Å². The number of para-hydroxylation sites is 1. The molecule has 0 aliphatic rings. The summed E-state index contributed by atoms with van der Waals surface area (Å²) >= 11 is 6.39. The number of rotatable bonds is 5. The molecule has 1 aromatic heterocycles. The molecule has 0 fully saturated rings. The van der Waals surface area contributed by atoms with Crippen molar-refractivity contribution in [2.45, 2.75) is 13.5 Å². The number of nitriles is 1. The Morgan fingerprint density at radius 2 is 1.90 bits per heavy atom. The molecule has 0 bridgehead atoms. The Labute approximate surface area is 184 Å². The number of aliphatic imine (C=N–C) groups is 1. The first-order valence-electron chi connectivity index (χ1n) is 9.18. The Hall–Kier alpha value is -4.09. The van der Waals surface area contributed by atoms with Gasteiger partial charge >= 0.3 is 5.97 Å². The van der Waals surface area contributed by atoms with Crippen molar-refractivity contribution in [3.63, 3.8) is 0 Å². The predicted octanol–water partition coefficient (Wildman–Crippen LogP) is 4.24. The molecule has 1 heterocycles. The average Bonchev–Trinajstić information content (AvgIpc) is 2.77. The molecule has 0 radical (unpaired) electrons. The summed E-state index contributed by atoms with van der Waals surface area (Å²) in [5.74, 6) is 1.02. The maximum absolute atomic E-state index is 11.2. The summed E-state index contributed by atoms with van der Waals surface area (Å²) in [7, 11) is 0. The van der Waals surface area contributed by atoms with Gasteiger partial charge in [-0.1, -0.05) is 41.9 Å². The van der Waals surface area contributed by atoms with Crippen LogP contribution in [0.15, 0.2) is 71.7 Å². The summed E-state index contributed by atoms with van der Waals surface area (Å²) in [5, 5.41) is 12.5. The van der Waals surface area contributed by atoms with Gasteiger partial charge in [-0.25, -0.2) is 4.98 Å². The van der Waals surface area contributed by atoms with Gasteiger partial charge in [0.2, 0.25) is 5.96 Å².